The van der Waals surface area contributed by atoms with Crippen LogP contribution in [0.25, 0.3) is 11.3 Å². The standard InChI is InChI=1S/C20H20N6O/c27-20-6-5-17(16-2-1-7-21-9-16)24-26(20)12-14-10-25(11-14)19-8-18(15-3-4-15)22-13-23-19/h1-2,5-9,13-15H,3-4,10-12H2. The quantitative estimate of drug-likeness (QED) is 0.694. The minimum atomic E-state index is -0.0702. The van der Waals surface area contributed by atoms with Gasteiger partial charge < -0.3 is 4.90 Å². The highest BCUT2D eigenvalue weighted by molar-refractivity contribution is 5.56. The molecule has 0 atom stereocenters. The minimum Gasteiger partial charge on any atom is -0.356 e. The van der Waals surface area contributed by atoms with Gasteiger partial charge in [-0.1, -0.05) is 0 Å². The minimum absolute atomic E-state index is 0.0702. The van der Waals surface area contributed by atoms with Gasteiger partial charge in [0.25, 0.3) is 5.56 Å². The van der Waals surface area contributed by atoms with E-state index >= 15 is 0 Å². The van der Waals surface area contributed by atoms with Crippen molar-refractivity contribution in [3.63, 3.8) is 0 Å². The second kappa shape index (κ2) is 6.57. The highest BCUT2D eigenvalue weighted by Crippen LogP contribution is 2.39. The molecule has 5 rings (SSSR count). The Labute approximate surface area is 156 Å². The van der Waals surface area contributed by atoms with Gasteiger partial charge in [0.15, 0.2) is 0 Å². The van der Waals surface area contributed by atoms with E-state index in [2.05, 4.69) is 31.0 Å². The summed E-state index contributed by atoms with van der Waals surface area (Å²) in [6, 6.07) is 9.26. The van der Waals surface area contributed by atoms with Crippen molar-refractivity contribution < 1.29 is 0 Å². The van der Waals surface area contributed by atoms with E-state index in [1.54, 1.807) is 35.5 Å². The molecule has 1 saturated heterocycles. The molecule has 3 aromatic rings. The van der Waals surface area contributed by atoms with Gasteiger partial charge in [0.1, 0.15) is 12.1 Å². The lowest BCUT2D eigenvalue weighted by Crippen LogP contribution is -2.50. The van der Waals surface area contributed by atoms with Gasteiger partial charge in [-0.15, -0.1) is 0 Å². The average Bonchev–Trinajstić information content (AvgIpc) is 3.52. The molecular weight excluding hydrogens is 340 g/mol. The van der Waals surface area contributed by atoms with E-state index in [0.29, 0.717) is 18.4 Å². The van der Waals surface area contributed by atoms with Gasteiger partial charge in [0, 0.05) is 60.7 Å². The molecule has 4 heterocycles. The molecule has 0 amide bonds. The molecule has 0 spiro atoms. The molecule has 0 aromatic carbocycles. The van der Waals surface area contributed by atoms with Gasteiger partial charge in [0.2, 0.25) is 0 Å². The maximum atomic E-state index is 12.2. The van der Waals surface area contributed by atoms with Gasteiger partial charge in [-0.2, -0.15) is 5.10 Å². The first-order chi connectivity index (χ1) is 13.3. The zero-order valence-electron chi connectivity index (χ0n) is 14.9. The number of anilines is 1. The number of rotatable bonds is 5. The summed E-state index contributed by atoms with van der Waals surface area (Å²) < 4.78 is 1.57. The Kier molecular flexibility index (Phi) is 3.92. The van der Waals surface area contributed by atoms with E-state index in [9.17, 15) is 4.79 Å². The maximum absolute atomic E-state index is 12.2. The van der Waals surface area contributed by atoms with Crippen LogP contribution in [0.5, 0.6) is 0 Å². The van der Waals surface area contributed by atoms with E-state index in [1.807, 2.05) is 12.1 Å². The van der Waals surface area contributed by atoms with Crippen LogP contribution in [0.15, 0.2) is 53.8 Å². The molecule has 27 heavy (non-hydrogen) atoms. The van der Waals surface area contributed by atoms with E-state index in [-0.39, 0.29) is 5.56 Å². The Morgan fingerprint density at radius 3 is 2.78 bits per heavy atom. The molecule has 136 valence electrons. The fraction of sp³-hybridized carbons (Fsp3) is 0.350. The Morgan fingerprint density at radius 2 is 2.00 bits per heavy atom. The van der Waals surface area contributed by atoms with Gasteiger partial charge >= 0.3 is 0 Å². The largest absolute Gasteiger partial charge is 0.356 e. The summed E-state index contributed by atoms with van der Waals surface area (Å²) in [4.78, 5) is 27.4. The Hall–Kier alpha value is -3.09. The van der Waals surface area contributed by atoms with Crippen molar-refractivity contribution >= 4 is 5.82 Å². The van der Waals surface area contributed by atoms with Crippen LogP contribution in [0.1, 0.15) is 24.5 Å². The van der Waals surface area contributed by atoms with E-state index in [0.717, 1.165) is 35.9 Å². The highest BCUT2D eigenvalue weighted by Gasteiger charge is 2.31. The zero-order valence-corrected chi connectivity index (χ0v) is 14.9. The molecule has 3 aromatic heterocycles. The van der Waals surface area contributed by atoms with Crippen molar-refractivity contribution in [1.29, 1.82) is 0 Å². The molecule has 2 fully saturated rings. The first-order valence-corrected chi connectivity index (χ1v) is 9.32. The van der Waals surface area contributed by atoms with Crippen molar-refractivity contribution in [3.8, 4) is 11.3 Å². The molecule has 1 aliphatic carbocycles. The summed E-state index contributed by atoms with van der Waals surface area (Å²) in [7, 11) is 0. The molecule has 1 aliphatic heterocycles. The third-order valence-electron chi connectivity index (χ3n) is 5.21. The number of aromatic nitrogens is 5. The van der Waals surface area contributed by atoms with Crippen LogP contribution in [0, 0.1) is 5.92 Å². The molecule has 1 saturated carbocycles. The average molecular weight is 360 g/mol. The van der Waals surface area contributed by atoms with E-state index < -0.39 is 0 Å². The summed E-state index contributed by atoms with van der Waals surface area (Å²) in [6.07, 6.45) is 7.63. The van der Waals surface area contributed by atoms with Crippen molar-refractivity contribution in [2.24, 2.45) is 5.92 Å². The molecule has 0 bridgehead atoms. The van der Waals surface area contributed by atoms with Crippen LogP contribution in [-0.4, -0.2) is 37.8 Å². The summed E-state index contributed by atoms with van der Waals surface area (Å²) in [5.74, 6) is 2.01. The van der Waals surface area contributed by atoms with Crippen molar-refractivity contribution in [2.75, 3.05) is 18.0 Å². The highest BCUT2D eigenvalue weighted by atomic mass is 16.1. The van der Waals surface area contributed by atoms with Gasteiger partial charge in [-0.05, 0) is 31.0 Å². The molecule has 2 aliphatic rings. The summed E-state index contributed by atoms with van der Waals surface area (Å²) in [5, 5.41) is 4.53. The van der Waals surface area contributed by atoms with Crippen LogP contribution >= 0.6 is 0 Å². The first kappa shape index (κ1) is 16.1. The monoisotopic (exact) mass is 360 g/mol. The van der Waals surface area contributed by atoms with Crippen molar-refractivity contribution in [3.05, 3.63) is 65.1 Å². The summed E-state index contributed by atoms with van der Waals surface area (Å²) >= 11 is 0. The predicted molar refractivity (Wildman–Crippen MR) is 101 cm³/mol. The third kappa shape index (κ3) is 3.32. The number of pyridine rings is 1. The second-order valence-electron chi connectivity index (χ2n) is 7.33. The fourth-order valence-corrected chi connectivity index (χ4v) is 3.50. The normalized spacial score (nSPS) is 17.0. The molecule has 0 unspecified atom stereocenters. The molecule has 7 nitrogen and oxygen atoms in total. The first-order valence-electron chi connectivity index (χ1n) is 9.32. The lowest BCUT2D eigenvalue weighted by atomic mass is 10.00. The Bertz CT molecular complexity index is 1010. The van der Waals surface area contributed by atoms with Crippen LogP contribution in [0.4, 0.5) is 5.82 Å². The fourth-order valence-electron chi connectivity index (χ4n) is 3.50. The predicted octanol–water partition coefficient (Wildman–Crippen LogP) is 2.11. The SMILES string of the molecule is O=c1ccc(-c2cccnc2)nn1CC1CN(c2cc(C3CC3)ncn2)C1. The number of hydrogen-bond acceptors (Lipinski definition) is 6. The summed E-state index contributed by atoms with van der Waals surface area (Å²) in [6.45, 7) is 2.38. The number of hydrogen-bond donors (Lipinski definition) is 0. The summed E-state index contributed by atoms with van der Waals surface area (Å²) in [5.41, 5.74) is 2.77. The smallest absolute Gasteiger partial charge is 0.266 e. The van der Waals surface area contributed by atoms with E-state index in [1.165, 1.54) is 12.8 Å². The Balaban J connectivity index is 1.27. The molecule has 7 heteroatoms. The maximum Gasteiger partial charge on any atom is 0.266 e. The topological polar surface area (TPSA) is 76.8 Å². The van der Waals surface area contributed by atoms with Crippen LogP contribution in [0.3, 0.4) is 0 Å². The molecular formula is C20H20N6O. The Morgan fingerprint density at radius 1 is 1.11 bits per heavy atom. The third-order valence-corrected chi connectivity index (χ3v) is 5.21. The zero-order chi connectivity index (χ0) is 18.2. The van der Waals surface area contributed by atoms with Gasteiger partial charge in [-0.25, -0.2) is 14.6 Å². The van der Waals surface area contributed by atoms with Gasteiger partial charge in [-0.3, -0.25) is 9.78 Å². The molecule has 0 N–H and O–H groups in total. The van der Waals surface area contributed by atoms with Gasteiger partial charge in [0.05, 0.1) is 12.2 Å². The molecule has 0 radical (unpaired) electrons. The number of nitrogens with zero attached hydrogens (tertiary/aromatic N) is 6. The van der Waals surface area contributed by atoms with Crippen LogP contribution in [-0.2, 0) is 6.54 Å². The van der Waals surface area contributed by atoms with Crippen LogP contribution in [0.2, 0.25) is 0 Å². The lowest BCUT2D eigenvalue weighted by molar-refractivity contribution is 0.333. The van der Waals surface area contributed by atoms with Crippen molar-refractivity contribution in [1.82, 2.24) is 24.7 Å². The lowest BCUT2D eigenvalue weighted by Gasteiger charge is -2.40. The second-order valence-corrected chi connectivity index (χ2v) is 7.33. The van der Waals surface area contributed by atoms with Crippen molar-refractivity contribution in [2.45, 2.75) is 25.3 Å². The van der Waals surface area contributed by atoms with Crippen LogP contribution < -0.4 is 10.5 Å². The van der Waals surface area contributed by atoms with E-state index in [4.69, 9.17) is 0 Å².